The van der Waals surface area contributed by atoms with Gasteiger partial charge in [-0.05, 0) is 58.3 Å². The Bertz CT molecular complexity index is 1430. The van der Waals surface area contributed by atoms with E-state index in [-0.39, 0.29) is 28.9 Å². The van der Waals surface area contributed by atoms with Crippen LogP contribution < -0.4 is 4.74 Å². The molecule has 0 aliphatic heterocycles. The van der Waals surface area contributed by atoms with Crippen LogP contribution in [0, 0.1) is 0 Å². The van der Waals surface area contributed by atoms with Crippen molar-refractivity contribution in [2.24, 2.45) is 0 Å². The molecular formula is C26H21N3O3. The van der Waals surface area contributed by atoms with E-state index in [9.17, 15) is 10.2 Å². The Morgan fingerprint density at radius 2 is 1.34 bits per heavy atom. The van der Waals surface area contributed by atoms with Crippen LogP contribution in [0.15, 0.2) is 72.8 Å². The van der Waals surface area contributed by atoms with Crippen LogP contribution in [-0.4, -0.2) is 31.8 Å². The molecule has 0 spiro atoms. The Morgan fingerprint density at radius 1 is 0.688 bits per heavy atom. The number of ether oxygens (including phenoxy) is 1. The molecule has 0 aliphatic rings. The van der Waals surface area contributed by atoms with E-state index < -0.39 is 0 Å². The van der Waals surface area contributed by atoms with Crippen LogP contribution in [0.5, 0.6) is 17.5 Å². The van der Waals surface area contributed by atoms with Gasteiger partial charge in [-0.1, -0.05) is 49.4 Å². The van der Waals surface area contributed by atoms with E-state index in [1.807, 2.05) is 37.3 Å². The maximum Gasteiger partial charge on any atom is 0.320 e. The summed E-state index contributed by atoms with van der Waals surface area (Å²) in [5.41, 5.74) is 0.928. The fourth-order valence-corrected chi connectivity index (χ4v) is 3.69. The minimum atomic E-state index is -0.117. The van der Waals surface area contributed by atoms with Crippen molar-refractivity contribution in [3.8, 4) is 40.3 Å². The van der Waals surface area contributed by atoms with Gasteiger partial charge in [-0.25, -0.2) is 4.98 Å². The number of nitrogens with zero attached hydrogens (tertiary/aromatic N) is 3. The molecule has 1 heterocycles. The number of phenols is 2. The smallest absolute Gasteiger partial charge is 0.320 e. The Balaban J connectivity index is 1.67. The first kappa shape index (κ1) is 19.8. The van der Waals surface area contributed by atoms with Gasteiger partial charge in [-0.15, -0.1) is 0 Å². The molecule has 0 fully saturated rings. The van der Waals surface area contributed by atoms with Crippen molar-refractivity contribution >= 4 is 21.5 Å². The van der Waals surface area contributed by atoms with Crippen molar-refractivity contribution in [1.29, 1.82) is 0 Å². The van der Waals surface area contributed by atoms with E-state index in [0.717, 1.165) is 28.1 Å². The molecule has 6 heteroatoms. The Labute approximate surface area is 184 Å². The molecule has 4 aromatic carbocycles. The van der Waals surface area contributed by atoms with Gasteiger partial charge in [0.15, 0.2) is 11.6 Å². The van der Waals surface area contributed by atoms with Crippen molar-refractivity contribution in [2.75, 3.05) is 6.61 Å². The summed E-state index contributed by atoms with van der Waals surface area (Å²) in [7, 11) is 0. The molecule has 158 valence electrons. The fraction of sp³-hybridized carbons (Fsp3) is 0.115. The number of aromatic hydroxyl groups is 2. The maximum atomic E-state index is 10.3. The first-order chi connectivity index (χ1) is 15.6. The van der Waals surface area contributed by atoms with E-state index in [0.29, 0.717) is 12.4 Å². The molecule has 6 nitrogen and oxygen atoms in total. The van der Waals surface area contributed by atoms with E-state index in [2.05, 4.69) is 39.2 Å². The number of phenolic OH excluding ortho intramolecular Hbond substituents is 2. The molecule has 0 bridgehead atoms. The average molecular weight is 423 g/mol. The molecule has 0 saturated heterocycles. The predicted molar refractivity (Wildman–Crippen MR) is 125 cm³/mol. The van der Waals surface area contributed by atoms with Gasteiger partial charge in [-0.3, -0.25) is 0 Å². The van der Waals surface area contributed by atoms with Crippen LogP contribution in [-0.2, 0) is 0 Å². The molecule has 2 N–H and O–H groups in total. The molecule has 5 rings (SSSR count). The maximum absolute atomic E-state index is 10.3. The van der Waals surface area contributed by atoms with Crippen LogP contribution in [0.4, 0.5) is 0 Å². The third kappa shape index (κ3) is 3.67. The lowest BCUT2D eigenvalue weighted by atomic mass is 10.0. The highest BCUT2D eigenvalue weighted by atomic mass is 16.5. The van der Waals surface area contributed by atoms with Crippen molar-refractivity contribution < 1.29 is 14.9 Å². The van der Waals surface area contributed by atoms with Gasteiger partial charge >= 0.3 is 6.01 Å². The molecular weight excluding hydrogens is 402 g/mol. The zero-order valence-corrected chi connectivity index (χ0v) is 17.5. The topological polar surface area (TPSA) is 88.4 Å². The number of hydrogen-bond acceptors (Lipinski definition) is 6. The average Bonchev–Trinajstić information content (AvgIpc) is 2.81. The van der Waals surface area contributed by atoms with Crippen molar-refractivity contribution in [3.05, 3.63) is 72.8 Å². The summed E-state index contributed by atoms with van der Waals surface area (Å²) in [6.45, 7) is 2.44. The Hall–Kier alpha value is -4.19. The molecule has 0 amide bonds. The monoisotopic (exact) mass is 423 g/mol. The van der Waals surface area contributed by atoms with Crippen LogP contribution in [0.1, 0.15) is 13.3 Å². The normalized spacial score (nSPS) is 11.2. The van der Waals surface area contributed by atoms with Crippen molar-refractivity contribution in [1.82, 2.24) is 15.0 Å². The fourth-order valence-electron chi connectivity index (χ4n) is 3.69. The minimum Gasteiger partial charge on any atom is -0.507 e. The minimum absolute atomic E-state index is 0.117. The summed E-state index contributed by atoms with van der Waals surface area (Å²) in [6.07, 6.45) is 0.793. The predicted octanol–water partition coefficient (Wildman–Crippen LogP) is 5.71. The second-order valence-electron chi connectivity index (χ2n) is 7.55. The lowest BCUT2D eigenvalue weighted by molar-refractivity contribution is 0.292. The van der Waals surface area contributed by atoms with Crippen LogP contribution in [0.3, 0.4) is 0 Å². The van der Waals surface area contributed by atoms with Gasteiger partial charge in [0.2, 0.25) is 0 Å². The van der Waals surface area contributed by atoms with Gasteiger partial charge < -0.3 is 14.9 Å². The molecule has 5 aromatic rings. The van der Waals surface area contributed by atoms with E-state index in [1.165, 1.54) is 17.5 Å². The first-order valence-electron chi connectivity index (χ1n) is 10.5. The van der Waals surface area contributed by atoms with Gasteiger partial charge in [0, 0.05) is 5.56 Å². The quantitative estimate of drug-likeness (QED) is 0.352. The van der Waals surface area contributed by atoms with Gasteiger partial charge in [0.1, 0.15) is 17.1 Å². The van der Waals surface area contributed by atoms with Gasteiger partial charge in [-0.2, -0.15) is 9.97 Å². The van der Waals surface area contributed by atoms with Gasteiger partial charge in [0.05, 0.1) is 6.61 Å². The second kappa shape index (κ2) is 8.15. The molecule has 0 unspecified atom stereocenters. The van der Waals surface area contributed by atoms with Gasteiger partial charge in [0.25, 0.3) is 0 Å². The summed E-state index contributed by atoms with van der Waals surface area (Å²) in [6, 6.07) is 23.2. The second-order valence-corrected chi connectivity index (χ2v) is 7.55. The summed E-state index contributed by atoms with van der Waals surface area (Å²) in [4.78, 5) is 13.4. The summed E-state index contributed by atoms with van der Waals surface area (Å²) in [5.74, 6) is 0.316. The number of fused-ring (bicyclic) bond motifs is 2. The zero-order valence-electron chi connectivity index (χ0n) is 17.5. The summed E-state index contributed by atoms with van der Waals surface area (Å²) >= 11 is 0. The highest BCUT2D eigenvalue weighted by Crippen LogP contribution is 2.36. The van der Waals surface area contributed by atoms with Crippen LogP contribution in [0.2, 0.25) is 0 Å². The highest BCUT2D eigenvalue weighted by Gasteiger charge is 2.17. The third-order valence-electron chi connectivity index (χ3n) is 5.26. The van der Waals surface area contributed by atoms with Crippen LogP contribution >= 0.6 is 0 Å². The molecule has 0 saturated carbocycles. The number of aromatic nitrogens is 3. The largest absolute Gasteiger partial charge is 0.507 e. The van der Waals surface area contributed by atoms with Crippen molar-refractivity contribution in [2.45, 2.75) is 13.3 Å². The Kier molecular flexibility index (Phi) is 5.03. The SMILES string of the molecule is CCCOc1nc(-c2ccc3cc4ccccc4cc3c2)nc(-c2c(O)cccc2O)n1. The number of hydrogen-bond donors (Lipinski definition) is 2. The molecule has 0 radical (unpaired) electrons. The van der Waals surface area contributed by atoms with E-state index >= 15 is 0 Å². The molecule has 1 aromatic heterocycles. The van der Waals surface area contributed by atoms with E-state index in [1.54, 1.807) is 6.07 Å². The lowest BCUT2D eigenvalue weighted by Gasteiger charge is -2.11. The Morgan fingerprint density at radius 3 is 2.06 bits per heavy atom. The molecule has 0 aliphatic carbocycles. The summed E-state index contributed by atoms with van der Waals surface area (Å²) < 4.78 is 5.68. The zero-order chi connectivity index (χ0) is 22.1. The molecule has 0 atom stereocenters. The first-order valence-corrected chi connectivity index (χ1v) is 10.5. The lowest BCUT2D eigenvalue weighted by Crippen LogP contribution is -2.04. The number of rotatable bonds is 5. The third-order valence-corrected chi connectivity index (χ3v) is 5.26. The standard InChI is InChI=1S/C26H21N3O3/c1-2-12-32-26-28-24(27-25(29-26)23-21(30)8-5-9-22(23)31)19-11-10-18-13-16-6-3-4-7-17(16)14-20(18)15-19/h3-11,13-15,30-31H,2,12H2,1H3. The number of benzene rings is 4. The van der Waals surface area contributed by atoms with E-state index in [4.69, 9.17) is 4.74 Å². The van der Waals surface area contributed by atoms with Crippen LogP contribution in [0.25, 0.3) is 44.3 Å². The summed E-state index contributed by atoms with van der Waals surface area (Å²) in [5, 5.41) is 25.1. The van der Waals surface area contributed by atoms with Crippen molar-refractivity contribution in [3.63, 3.8) is 0 Å². The molecule has 32 heavy (non-hydrogen) atoms. The highest BCUT2D eigenvalue weighted by molar-refractivity contribution is 5.99.